The summed E-state index contributed by atoms with van der Waals surface area (Å²) in [6.07, 6.45) is 0. The Labute approximate surface area is 70.4 Å². The number of hydrogen-bond acceptors (Lipinski definition) is 3. The highest BCUT2D eigenvalue weighted by molar-refractivity contribution is 4.70. The van der Waals surface area contributed by atoms with Crippen molar-refractivity contribution in [2.45, 2.75) is 6.04 Å². The largest absolute Gasteiger partial charge is 0.318 e. The van der Waals surface area contributed by atoms with Crippen LogP contribution in [0.15, 0.2) is 0 Å². The summed E-state index contributed by atoms with van der Waals surface area (Å²) < 4.78 is 0. The van der Waals surface area contributed by atoms with Crippen LogP contribution in [-0.2, 0) is 0 Å². The topological polar surface area (TPSA) is 18.5 Å². The number of nitrogens with one attached hydrogen (secondary N) is 1. The molecule has 0 aromatic heterocycles. The number of hydrogen-bond donors (Lipinski definition) is 1. The van der Waals surface area contributed by atoms with Crippen molar-refractivity contribution in [3.63, 3.8) is 0 Å². The Morgan fingerprint density at radius 2 is 1.73 bits per heavy atom. The highest BCUT2D eigenvalue weighted by Crippen LogP contribution is 1.92. The standard InChI is InChI=1S/C8H21N3/c1-9-6-8(11(4)5)7-10(2)3/h8-9H,6-7H2,1-5H3. The predicted octanol–water partition coefficient (Wildman–Crippen LogP) is -0.302. The van der Waals surface area contributed by atoms with Crippen molar-refractivity contribution >= 4 is 0 Å². The molecule has 0 bridgehead atoms. The van der Waals surface area contributed by atoms with Crippen LogP contribution in [0.4, 0.5) is 0 Å². The van der Waals surface area contributed by atoms with Crippen molar-refractivity contribution in [3.8, 4) is 0 Å². The van der Waals surface area contributed by atoms with Gasteiger partial charge in [-0.1, -0.05) is 0 Å². The molecule has 0 amide bonds. The van der Waals surface area contributed by atoms with E-state index in [-0.39, 0.29) is 0 Å². The average Bonchev–Trinajstić information content (AvgIpc) is 1.86. The van der Waals surface area contributed by atoms with E-state index in [0.29, 0.717) is 6.04 Å². The number of rotatable bonds is 5. The third-order valence-corrected chi connectivity index (χ3v) is 1.75. The van der Waals surface area contributed by atoms with Gasteiger partial charge in [0.2, 0.25) is 0 Å². The van der Waals surface area contributed by atoms with Gasteiger partial charge in [-0.15, -0.1) is 0 Å². The van der Waals surface area contributed by atoms with Gasteiger partial charge in [0.25, 0.3) is 0 Å². The molecule has 3 nitrogen and oxygen atoms in total. The van der Waals surface area contributed by atoms with E-state index < -0.39 is 0 Å². The summed E-state index contributed by atoms with van der Waals surface area (Å²) in [6.45, 7) is 2.15. The molecule has 0 rings (SSSR count). The molecule has 0 aromatic carbocycles. The smallest absolute Gasteiger partial charge is 0.0341 e. The summed E-state index contributed by atoms with van der Waals surface area (Å²) in [5, 5.41) is 3.19. The van der Waals surface area contributed by atoms with Crippen molar-refractivity contribution in [1.82, 2.24) is 15.1 Å². The van der Waals surface area contributed by atoms with Crippen LogP contribution < -0.4 is 5.32 Å². The van der Waals surface area contributed by atoms with Crippen molar-refractivity contribution in [1.29, 1.82) is 0 Å². The summed E-state index contributed by atoms with van der Waals surface area (Å²) in [4.78, 5) is 4.46. The molecular weight excluding hydrogens is 138 g/mol. The van der Waals surface area contributed by atoms with Crippen LogP contribution in [0.3, 0.4) is 0 Å². The van der Waals surface area contributed by atoms with Crippen LogP contribution in [0.2, 0.25) is 0 Å². The number of nitrogens with zero attached hydrogens (tertiary/aromatic N) is 2. The Morgan fingerprint density at radius 3 is 2.00 bits per heavy atom. The van der Waals surface area contributed by atoms with E-state index >= 15 is 0 Å². The summed E-state index contributed by atoms with van der Waals surface area (Å²) in [5.41, 5.74) is 0. The first-order valence-corrected chi connectivity index (χ1v) is 4.03. The normalized spacial score (nSPS) is 14.5. The molecule has 1 atom stereocenters. The van der Waals surface area contributed by atoms with Gasteiger partial charge in [-0.25, -0.2) is 0 Å². The van der Waals surface area contributed by atoms with Gasteiger partial charge in [-0.05, 0) is 35.2 Å². The summed E-state index contributed by atoms with van der Waals surface area (Å²) >= 11 is 0. The van der Waals surface area contributed by atoms with E-state index in [4.69, 9.17) is 0 Å². The molecule has 0 aliphatic carbocycles. The highest BCUT2D eigenvalue weighted by atomic mass is 15.2. The fourth-order valence-electron chi connectivity index (χ4n) is 1.07. The maximum Gasteiger partial charge on any atom is 0.0341 e. The van der Waals surface area contributed by atoms with Crippen molar-refractivity contribution in [3.05, 3.63) is 0 Å². The Kier molecular flexibility index (Phi) is 5.46. The maximum absolute atomic E-state index is 3.19. The van der Waals surface area contributed by atoms with Crippen LogP contribution in [0.5, 0.6) is 0 Å². The van der Waals surface area contributed by atoms with Crippen molar-refractivity contribution < 1.29 is 0 Å². The SMILES string of the molecule is CNCC(CN(C)C)N(C)C. The summed E-state index contributed by atoms with van der Waals surface area (Å²) in [7, 11) is 10.4. The van der Waals surface area contributed by atoms with E-state index in [0.717, 1.165) is 13.1 Å². The second kappa shape index (κ2) is 5.52. The minimum Gasteiger partial charge on any atom is -0.318 e. The molecule has 0 saturated carbocycles. The lowest BCUT2D eigenvalue weighted by atomic mass is 10.2. The van der Waals surface area contributed by atoms with Crippen LogP contribution >= 0.6 is 0 Å². The van der Waals surface area contributed by atoms with Gasteiger partial charge in [0.15, 0.2) is 0 Å². The maximum atomic E-state index is 3.19. The van der Waals surface area contributed by atoms with E-state index in [1.165, 1.54) is 0 Å². The van der Waals surface area contributed by atoms with Gasteiger partial charge in [0, 0.05) is 19.1 Å². The zero-order valence-electron chi connectivity index (χ0n) is 8.39. The Balaban J connectivity index is 3.69. The van der Waals surface area contributed by atoms with Gasteiger partial charge < -0.3 is 15.1 Å². The van der Waals surface area contributed by atoms with Gasteiger partial charge in [-0.3, -0.25) is 0 Å². The Bertz CT molecular complexity index is 91.3. The molecule has 68 valence electrons. The quantitative estimate of drug-likeness (QED) is 0.594. The van der Waals surface area contributed by atoms with Crippen molar-refractivity contribution in [2.75, 3.05) is 48.3 Å². The molecule has 0 aliphatic heterocycles. The highest BCUT2D eigenvalue weighted by Gasteiger charge is 2.10. The van der Waals surface area contributed by atoms with Gasteiger partial charge >= 0.3 is 0 Å². The molecule has 0 spiro atoms. The summed E-state index contributed by atoms with van der Waals surface area (Å²) in [5.74, 6) is 0. The van der Waals surface area contributed by atoms with Crippen molar-refractivity contribution in [2.24, 2.45) is 0 Å². The Hall–Kier alpha value is -0.120. The average molecular weight is 159 g/mol. The molecule has 1 N–H and O–H groups in total. The predicted molar refractivity (Wildman–Crippen MR) is 50.0 cm³/mol. The summed E-state index contributed by atoms with van der Waals surface area (Å²) in [6, 6.07) is 0.606. The lowest BCUT2D eigenvalue weighted by molar-refractivity contribution is 0.226. The molecule has 0 saturated heterocycles. The molecule has 1 unspecified atom stereocenters. The molecule has 0 aliphatic rings. The molecular formula is C8H21N3. The lowest BCUT2D eigenvalue weighted by Crippen LogP contribution is -2.43. The first-order valence-electron chi connectivity index (χ1n) is 4.03. The third kappa shape index (κ3) is 5.18. The Morgan fingerprint density at radius 1 is 1.18 bits per heavy atom. The number of likely N-dealkylation sites (N-methyl/N-ethyl adjacent to an activating group) is 3. The molecule has 0 aromatic rings. The molecule has 0 fully saturated rings. The van der Waals surface area contributed by atoms with Crippen LogP contribution in [0.25, 0.3) is 0 Å². The van der Waals surface area contributed by atoms with Gasteiger partial charge in [0.1, 0.15) is 0 Å². The monoisotopic (exact) mass is 159 g/mol. The van der Waals surface area contributed by atoms with Crippen LogP contribution in [0, 0.1) is 0 Å². The zero-order chi connectivity index (χ0) is 8.85. The fraction of sp³-hybridized carbons (Fsp3) is 1.00. The van der Waals surface area contributed by atoms with E-state index in [1.54, 1.807) is 0 Å². The first-order chi connectivity index (χ1) is 5.07. The molecule has 11 heavy (non-hydrogen) atoms. The second-order valence-corrected chi connectivity index (χ2v) is 3.44. The van der Waals surface area contributed by atoms with E-state index in [1.807, 2.05) is 7.05 Å². The molecule has 3 heteroatoms. The van der Waals surface area contributed by atoms with Crippen LogP contribution in [-0.4, -0.2) is 64.2 Å². The first kappa shape index (κ1) is 10.9. The molecule has 0 radical (unpaired) electrons. The second-order valence-electron chi connectivity index (χ2n) is 3.44. The van der Waals surface area contributed by atoms with Gasteiger partial charge in [0.05, 0.1) is 0 Å². The third-order valence-electron chi connectivity index (χ3n) is 1.75. The minimum absolute atomic E-state index is 0.606. The minimum atomic E-state index is 0.606. The molecule has 0 heterocycles. The lowest BCUT2D eigenvalue weighted by Gasteiger charge is -2.26. The van der Waals surface area contributed by atoms with Crippen LogP contribution in [0.1, 0.15) is 0 Å². The fourth-order valence-corrected chi connectivity index (χ4v) is 1.07. The van der Waals surface area contributed by atoms with E-state index in [2.05, 4.69) is 43.3 Å². The van der Waals surface area contributed by atoms with Gasteiger partial charge in [-0.2, -0.15) is 0 Å². The zero-order valence-corrected chi connectivity index (χ0v) is 8.39. The van der Waals surface area contributed by atoms with E-state index in [9.17, 15) is 0 Å².